The average Bonchev–Trinajstić information content (AvgIpc) is 3.42. The largest absolute Gasteiger partial charge is 0.503 e. The highest BCUT2D eigenvalue weighted by molar-refractivity contribution is 7.98. The van der Waals surface area contributed by atoms with E-state index in [-0.39, 0.29) is 33.0 Å². The lowest BCUT2D eigenvalue weighted by atomic mass is 9.93. The SMILES string of the molecule is Cc1ccc(C2=C(O)C(=O)N(c3nc(SCc4c(F)cccc4Cl)n[nH]3)C2c2ccccc2F)cc1. The van der Waals surface area contributed by atoms with Crippen molar-refractivity contribution < 1.29 is 18.7 Å². The summed E-state index contributed by atoms with van der Waals surface area (Å²) in [6.07, 6.45) is 0. The lowest BCUT2D eigenvalue weighted by Crippen LogP contribution is -2.31. The zero-order valence-corrected chi connectivity index (χ0v) is 20.4. The number of benzene rings is 3. The third-order valence-corrected chi connectivity index (χ3v) is 7.09. The van der Waals surface area contributed by atoms with Gasteiger partial charge in [0.25, 0.3) is 5.91 Å². The molecule has 0 radical (unpaired) electrons. The van der Waals surface area contributed by atoms with Gasteiger partial charge >= 0.3 is 0 Å². The van der Waals surface area contributed by atoms with E-state index in [1.807, 2.05) is 19.1 Å². The fourth-order valence-corrected chi connectivity index (χ4v) is 5.20. The Labute approximate surface area is 214 Å². The molecular weight excluding hydrogens is 506 g/mol. The van der Waals surface area contributed by atoms with E-state index in [9.17, 15) is 18.7 Å². The highest BCUT2D eigenvalue weighted by Crippen LogP contribution is 2.45. The van der Waals surface area contributed by atoms with Crippen molar-refractivity contribution in [1.29, 1.82) is 0 Å². The standard InChI is InChI=1S/C26H19ClF2N4O2S/c1-14-9-11-15(12-10-14)21-22(16-5-2-3-7-19(16)28)33(24(35)23(21)34)25-30-26(32-31-25)36-13-17-18(27)6-4-8-20(17)29/h2-12,22,34H,13H2,1H3,(H,30,31,32). The minimum atomic E-state index is -0.992. The summed E-state index contributed by atoms with van der Waals surface area (Å²) in [7, 11) is 0. The molecule has 182 valence electrons. The molecule has 1 aliphatic rings. The molecule has 36 heavy (non-hydrogen) atoms. The molecule has 6 nitrogen and oxygen atoms in total. The third-order valence-electron chi connectivity index (χ3n) is 5.86. The Kier molecular flexibility index (Phi) is 6.51. The van der Waals surface area contributed by atoms with Gasteiger partial charge in [-0.3, -0.25) is 9.69 Å². The van der Waals surface area contributed by atoms with E-state index in [2.05, 4.69) is 15.2 Å². The second kappa shape index (κ2) is 9.75. The first-order chi connectivity index (χ1) is 17.3. The number of hydrogen-bond acceptors (Lipinski definition) is 5. The molecule has 1 amide bonds. The van der Waals surface area contributed by atoms with Crippen LogP contribution in [0, 0.1) is 18.6 Å². The van der Waals surface area contributed by atoms with E-state index in [4.69, 9.17) is 11.6 Å². The minimum absolute atomic E-state index is 0.0176. The number of anilines is 1. The number of nitrogens with zero attached hydrogens (tertiary/aromatic N) is 3. The van der Waals surface area contributed by atoms with Gasteiger partial charge in [-0.15, -0.1) is 5.10 Å². The minimum Gasteiger partial charge on any atom is -0.503 e. The van der Waals surface area contributed by atoms with Crippen LogP contribution < -0.4 is 4.90 Å². The summed E-state index contributed by atoms with van der Waals surface area (Å²) in [4.78, 5) is 18.8. The second-order valence-electron chi connectivity index (χ2n) is 8.16. The van der Waals surface area contributed by atoms with E-state index in [0.717, 1.165) is 17.3 Å². The van der Waals surface area contributed by atoms with Gasteiger partial charge in [-0.05, 0) is 30.7 Å². The monoisotopic (exact) mass is 524 g/mol. The molecule has 10 heteroatoms. The first-order valence-corrected chi connectivity index (χ1v) is 12.3. The number of halogens is 3. The smallest absolute Gasteiger partial charge is 0.296 e. The summed E-state index contributed by atoms with van der Waals surface area (Å²) in [5.74, 6) is -2.06. The maximum atomic E-state index is 15.0. The maximum Gasteiger partial charge on any atom is 0.296 e. The number of H-pyrrole nitrogens is 1. The molecule has 0 bridgehead atoms. The van der Waals surface area contributed by atoms with Crippen molar-refractivity contribution in [2.24, 2.45) is 0 Å². The summed E-state index contributed by atoms with van der Waals surface area (Å²) in [6.45, 7) is 1.92. The van der Waals surface area contributed by atoms with Crippen molar-refractivity contribution in [3.8, 4) is 0 Å². The molecule has 2 heterocycles. The number of carbonyl (C=O) groups is 1. The molecule has 1 aromatic heterocycles. The van der Waals surface area contributed by atoms with Gasteiger partial charge in [0, 0.05) is 27.5 Å². The molecule has 0 fully saturated rings. The van der Waals surface area contributed by atoms with Gasteiger partial charge < -0.3 is 5.11 Å². The number of aryl methyl sites for hydroxylation is 1. The molecular formula is C26H19ClF2N4O2S. The van der Waals surface area contributed by atoms with Crippen molar-refractivity contribution in [3.05, 3.63) is 111 Å². The Hall–Kier alpha value is -3.69. The number of carbonyl (C=O) groups excluding carboxylic acids is 1. The first kappa shape index (κ1) is 24.0. The molecule has 1 unspecified atom stereocenters. The molecule has 0 spiro atoms. The van der Waals surface area contributed by atoms with E-state index in [1.54, 1.807) is 36.4 Å². The predicted molar refractivity (Wildman–Crippen MR) is 135 cm³/mol. The number of aromatic nitrogens is 3. The number of aromatic amines is 1. The van der Waals surface area contributed by atoms with Crippen molar-refractivity contribution in [3.63, 3.8) is 0 Å². The van der Waals surface area contributed by atoms with Gasteiger partial charge in [0.05, 0.1) is 6.04 Å². The van der Waals surface area contributed by atoms with Crippen LogP contribution in [-0.4, -0.2) is 26.2 Å². The van der Waals surface area contributed by atoms with Crippen molar-refractivity contribution in [2.75, 3.05) is 4.90 Å². The summed E-state index contributed by atoms with van der Waals surface area (Å²) in [6, 6.07) is 16.7. The number of rotatable bonds is 6. The lowest BCUT2D eigenvalue weighted by Gasteiger charge is -2.25. The zero-order valence-electron chi connectivity index (χ0n) is 18.9. The zero-order chi connectivity index (χ0) is 25.4. The number of nitrogens with one attached hydrogen (secondary N) is 1. The lowest BCUT2D eigenvalue weighted by molar-refractivity contribution is -0.117. The van der Waals surface area contributed by atoms with E-state index in [1.165, 1.54) is 23.1 Å². The Morgan fingerprint density at radius 2 is 1.78 bits per heavy atom. The van der Waals surface area contributed by atoms with Crippen LogP contribution in [0.2, 0.25) is 5.02 Å². The third kappa shape index (κ3) is 4.36. The number of hydrogen-bond donors (Lipinski definition) is 2. The average molecular weight is 525 g/mol. The van der Waals surface area contributed by atoms with Crippen molar-refractivity contribution in [1.82, 2.24) is 15.2 Å². The Bertz CT molecular complexity index is 1470. The second-order valence-corrected chi connectivity index (χ2v) is 9.51. The van der Waals surface area contributed by atoms with Crippen LogP contribution in [0.15, 0.2) is 77.6 Å². The van der Waals surface area contributed by atoms with Crippen LogP contribution in [0.25, 0.3) is 5.57 Å². The molecule has 5 rings (SSSR count). The summed E-state index contributed by atoms with van der Waals surface area (Å²) >= 11 is 7.22. The number of aliphatic hydroxyl groups excluding tert-OH is 1. The van der Waals surface area contributed by atoms with Crippen LogP contribution in [0.5, 0.6) is 0 Å². The number of thioether (sulfide) groups is 1. The molecule has 0 saturated carbocycles. The van der Waals surface area contributed by atoms with Gasteiger partial charge in [0.15, 0.2) is 5.76 Å². The van der Waals surface area contributed by atoms with Gasteiger partial charge in [0.2, 0.25) is 11.1 Å². The summed E-state index contributed by atoms with van der Waals surface area (Å²) in [5.41, 5.74) is 2.32. The predicted octanol–water partition coefficient (Wildman–Crippen LogP) is 6.39. The van der Waals surface area contributed by atoms with Crippen molar-refractivity contribution in [2.45, 2.75) is 23.9 Å². The highest BCUT2D eigenvalue weighted by atomic mass is 35.5. The van der Waals surface area contributed by atoms with E-state index >= 15 is 0 Å². The Balaban J connectivity index is 1.52. The van der Waals surface area contributed by atoms with Crippen LogP contribution in [0.1, 0.15) is 28.3 Å². The van der Waals surface area contributed by atoms with Crippen molar-refractivity contribution >= 4 is 40.8 Å². The number of amides is 1. The fraction of sp³-hybridized carbons (Fsp3) is 0.115. The van der Waals surface area contributed by atoms with E-state index < -0.39 is 29.3 Å². The van der Waals surface area contributed by atoms with Crippen LogP contribution in [-0.2, 0) is 10.5 Å². The maximum absolute atomic E-state index is 15.0. The fourth-order valence-electron chi connectivity index (χ4n) is 4.06. The van der Waals surface area contributed by atoms with E-state index in [0.29, 0.717) is 11.1 Å². The van der Waals surface area contributed by atoms with Gasteiger partial charge in [0.1, 0.15) is 11.6 Å². The quantitative estimate of drug-likeness (QED) is 0.285. The molecule has 3 aromatic carbocycles. The van der Waals surface area contributed by atoms with Crippen LogP contribution in [0.3, 0.4) is 0 Å². The van der Waals surface area contributed by atoms with Gasteiger partial charge in [-0.25, -0.2) is 13.9 Å². The molecule has 0 aliphatic carbocycles. The molecule has 1 aliphatic heterocycles. The first-order valence-electron chi connectivity index (χ1n) is 10.9. The highest BCUT2D eigenvalue weighted by Gasteiger charge is 2.44. The Morgan fingerprint density at radius 3 is 2.50 bits per heavy atom. The normalized spacial score (nSPS) is 15.7. The van der Waals surface area contributed by atoms with Crippen LogP contribution in [0.4, 0.5) is 14.7 Å². The molecule has 1 atom stereocenters. The van der Waals surface area contributed by atoms with Crippen LogP contribution >= 0.6 is 23.4 Å². The molecule has 0 saturated heterocycles. The Morgan fingerprint density at radius 1 is 1.06 bits per heavy atom. The summed E-state index contributed by atoms with van der Waals surface area (Å²) in [5, 5.41) is 18.2. The van der Waals surface area contributed by atoms with Gasteiger partial charge in [-0.1, -0.05) is 77.5 Å². The topological polar surface area (TPSA) is 82.1 Å². The number of aliphatic hydroxyl groups is 1. The molecule has 2 N–H and O–H groups in total. The molecule has 4 aromatic rings. The van der Waals surface area contributed by atoms with Gasteiger partial charge in [-0.2, -0.15) is 4.98 Å². The summed E-state index contributed by atoms with van der Waals surface area (Å²) < 4.78 is 29.1.